The van der Waals surface area contributed by atoms with Gasteiger partial charge in [0.25, 0.3) is 0 Å². The van der Waals surface area contributed by atoms with Crippen LogP contribution in [0, 0.1) is 19.7 Å². The lowest BCUT2D eigenvalue weighted by Gasteiger charge is -2.19. The van der Waals surface area contributed by atoms with Gasteiger partial charge in [-0.05, 0) is 67.8 Å². The zero-order valence-corrected chi connectivity index (χ0v) is 12.8. The van der Waals surface area contributed by atoms with Crippen LogP contribution in [0.3, 0.4) is 0 Å². The van der Waals surface area contributed by atoms with E-state index in [-0.39, 0.29) is 11.9 Å². The molecule has 2 aromatic rings. The molecule has 0 aliphatic carbocycles. The second kappa shape index (κ2) is 6.38. The van der Waals surface area contributed by atoms with Crippen molar-refractivity contribution in [2.24, 2.45) is 0 Å². The molecule has 0 radical (unpaired) electrons. The smallest absolute Gasteiger partial charge is 0.123 e. The summed E-state index contributed by atoms with van der Waals surface area (Å²) in [6, 6.07) is 10.9. The van der Waals surface area contributed by atoms with E-state index in [1.807, 2.05) is 7.05 Å². The minimum Gasteiger partial charge on any atom is -0.313 e. The van der Waals surface area contributed by atoms with Crippen LogP contribution in [0.4, 0.5) is 4.39 Å². The molecular weight excluding hydrogens is 273 g/mol. The summed E-state index contributed by atoms with van der Waals surface area (Å²) in [5, 5.41) is 3.81. The number of nitrogens with one attached hydrogen (secondary N) is 1. The van der Waals surface area contributed by atoms with Gasteiger partial charge in [0.05, 0.1) is 0 Å². The van der Waals surface area contributed by atoms with E-state index in [0.29, 0.717) is 5.02 Å². The van der Waals surface area contributed by atoms with Crippen LogP contribution in [0.25, 0.3) is 0 Å². The third-order valence-corrected chi connectivity index (χ3v) is 4.04. The minimum absolute atomic E-state index is 0.000283. The molecule has 3 heteroatoms. The van der Waals surface area contributed by atoms with Gasteiger partial charge < -0.3 is 5.32 Å². The molecule has 1 nitrogen and oxygen atoms in total. The summed E-state index contributed by atoms with van der Waals surface area (Å²) in [5.74, 6) is -0.260. The van der Waals surface area contributed by atoms with Crippen LogP contribution >= 0.6 is 11.6 Å². The second-order valence-electron chi connectivity index (χ2n) is 5.13. The first-order chi connectivity index (χ1) is 9.51. The van der Waals surface area contributed by atoms with Crippen molar-refractivity contribution in [3.8, 4) is 0 Å². The maximum absolute atomic E-state index is 13.4. The predicted octanol–water partition coefficient (Wildman–Crippen LogP) is 4.60. The minimum atomic E-state index is -0.260. The number of hydrogen-bond donors (Lipinski definition) is 1. The predicted molar refractivity (Wildman–Crippen MR) is 82.8 cm³/mol. The van der Waals surface area contributed by atoms with Crippen molar-refractivity contribution >= 4 is 11.6 Å². The van der Waals surface area contributed by atoms with Crippen molar-refractivity contribution in [3.05, 3.63) is 69.5 Å². The largest absolute Gasteiger partial charge is 0.313 e. The Morgan fingerprint density at radius 1 is 1.10 bits per heavy atom. The molecule has 2 rings (SSSR count). The van der Waals surface area contributed by atoms with Crippen molar-refractivity contribution in [2.75, 3.05) is 7.05 Å². The van der Waals surface area contributed by atoms with Gasteiger partial charge >= 0.3 is 0 Å². The molecule has 0 saturated heterocycles. The molecule has 0 saturated carbocycles. The van der Waals surface area contributed by atoms with E-state index >= 15 is 0 Å². The fraction of sp³-hybridized carbons (Fsp3) is 0.294. The molecule has 0 aromatic heterocycles. The summed E-state index contributed by atoms with van der Waals surface area (Å²) in [5.41, 5.74) is 4.56. The molecule has 0 amide bonds. The lowest BCUT2D eigenvalue weighted by molar-refractivity contribution is 0.577. The molecule has 0 aliphatic heterocycles. The average molecular weight is 292 g/mol. The van der Waals surface area contributed by atoms with E-state index in [0.717, 1.165) is 12.0 Å². The topological polar surface area (TPSA) is 12.0 Å². The fourth-order valence-corrected chi connectivity index (χ4v) is 2.56. The number of benzene rings is 2. The number of rotatable bonds is 4. The number of halogens is 2. The summed E-state index contributed by atoms with van der Waals surface area (Å²) in [4.78, 5) is 0. The molecule has 0 spiro atoms. The lowest BCUT2D eigenvalue weighted by atomic mass is 9.96. The first kappa shape index (κ1) is 15.0. The first-order valence-corrected chi connectivity index (χ1v) is 7.07. The van der Waals surface area contributed by atoms with Crippen molar-refractivity contribution in [3.63, 3.8) is 0 Å². The Morgan fingerprint density at radius 2 is 1.85 bits per heavy atom. The van der Waals surface area contributed by atoms with Gasteiger partial charge in [0.2, 0.25) is 0 Å². The quantitative estimate of drug-likeness (QED) is 0.868. The van der Waals surface area contributed by atoms with E-state index in [1.165, 1.54) is 28.8 Å². The zero-order valence-electron chi connectivity index (χ0n) is 12.0. The molecule has 0 heterocycles. The number of aryl methyl sites for hydroxylation is 2. The van der Waals surface area contributed by atoms with Gasteiger partial charge in [0, 0.05) is 11.1 Å². The van der Waals surface area contributed by atoms with Gasteiger partial charge in [-0.15, -0.1) is 0 Å². The second-order valence-corrected chi connectivity index (χ2v) is 5.54. The van der Waals surface area contributed by atoms with Crippen molar-refractivity contribution in [1.82, 2.24) is 5.32 Å². The van der Waals surface area contributed by atoms with Crippen molar-refractivity contribution in [1.29, 1.82) is 0 Å². The summed E-state index contributed by atoms with van der Waals surface area (Å²) < 4.78 is 13.4. The lowest BCUT2D eigenvalue weighted by Crippen LogP contribution is -2.19. The summed E-state index contributed by atoms with van der Waals surface area (Å²) in [6.45, 7) is 4.19. The molecular formula is C17H19ClFN. The van der Waals surface area contributed by atoms with Crippen molar-refractivity contribution < 1.29 is 4.39 Å². The molecule has 2 aromatic carbocycles. The van der Waals surface area contributed by atoms with Crippen LogP contribution in [0.1, 0.15) is 28.3 Å². The van der Waals surface area contributed by atoms with E-state index in [4.69, 9.17) is 11.6 Å². The van der Waals surface area contributed by atoms with Gasteiger partial charge in [0.15, 0.2) is 0 Å². The van der Waals surface area contributed by atoms with Crippen LogP contribution in [-0.2, 0) is 6.42 Å². The Labute approximate surface area is 124 Å². The highest BCUT2D eigenvalue weighted by atomic mass is 35.5. The maximum Gasteiger partial charge on any atom is 0.123 e. The van der Waals surface area contributed by atoms with Crippen LogP contribution < -0.4 is 5.32 Å². The Hall–Kier alpha value is -1.38. The number of likely N-dealkylation sites (N-methyl/N-ethyl adjacent to an activating group) is 1. The highest BCUT2D eigenvalue weighted by Gasteiger charge is 2.14. The van der Waals surface area contributed by atoms with E-state index in [9.17, 15) is 4.39 Å². The fourth-order valence-electron chi connectivity index (χ4n) is 2.32. The van der Waals surface area contributed by atoms with Gasteiger partial charge in [-0.3, -0.25) is 0 Å². The average Bonchev–Trinajstić information content (AvgIpc) is 2.43. The van der Waals surface area contributed by atoms with Crippen LogP contribution in [0.2, 0.25) is 5.02 Å². The molecule has 1 unspecified atom stereocenters. The Kier molecular flexibility index (Phi) is 4.79. The van der Waals surface area contributed by atoms with E-state index in [2.05, 4.69) is 37.4 Å². The van der Waals surface area contributed by atoms with Crippen LogP contribution in [-0.4, -0.2) is 7.05 Å². The highest BCUT2D eigenvalue weighted by Crippen LogP contribution is 2.27. The third kappa shape index (κ3) is 3.38. The molecule has 0 bridgehead atoms. The van der Waals surface area contributed by atoms with Gasteiger partial charge in [0.1, 0.15) is 5.82 Å². The first-order valence-electron chi connectivity index (χ1n) is 6.69. The van der Waals surface area contributed by atoms with E-state index in [1.54, 1.807) is 6.07 Å². The maximum atomic E-state index is 13.4. The summed E-state index contributed by atoms with van der Waals surface area (Å²) in [7, 11) is 1.87. The highest BCUT2D eigenvalue weighted by molar-refractivity contribution is 6.31. The molecule has 0 aliphatic rings. The molecule has 106 valence electrons. The third-order valence-electron chi connectivity index (χ3n) is 3.69. The van der Waals surface area contributed by atoms with Gasteiger partial charge in [-0.1, -0.05) is 29.8 Å². The molecule has 0 fully saturated rings. The standard InChI is InChI=1S/C17H19ClFN/c1-11-4-5-13(8-12(11)2)9-17(20-3)15-10-14(19)6-7-16(15)18/h4-8,10,17,20H,9H2,1-3H3. The molecule has 1 N–H and O–H groups in total. The van der Waals surface area contributed by atoms with Crippen molar-refractivity contribution in [2.45, 2.75) is 26.3 Å². The molecule has 1 atom stereocenters. The Morgan fingerprint density at radius 3 is 2.50 bits per heavy atom. The monoisotopic (exact) mass is 291 g/mol. The zero-order chi connectivity index (χ0) is 14.7. The normalized spacial score (nSPS) is 12.4. The van der Waals surface area contributed by atoms with Crippen LogP contribution in [0.15, 0.2) is 36.4 Å². The van der Waals surface area contributed by atoms with E-state index < -0.39 is 0 Å². The van der Waals surface area contributed by atoms with Gasteiger partial charge in [-0.2, -0.15) is 0 Å². The summed E-state index contributed by atoms with van der Waals surface area (Å²) in [6.07, 6.45) is 0.779. The SMILES string of the molecule is CNC(Cc1ccc(C)c(C)c1)c1cc(F)ccc1Cl. The molecule has 20 heavy (non-hydrogen) atoms. The summed E-state index contributed by atoms with van der Waals surface area (Å²) >= 11 is 6.19. The van der Waals surface area contributed by atoms with Crippen LogP contribution in [0.5, 0.6) is 0 Å². The Bertz CT molecular complexity index is 610. The Balaban J connectivity index is 2.28. The number of hydrogen-bond acceptors (Lipinski definition) is 1. The van der Waals surface area contributed by atoms with Gasteiger partial charge in [-0.25, -0.2) is 4.39 Å².